The lowest BCUT2D eigenvalue weighted by Crippen LogP contribution is -2.24. The fourth-order valence-electron chi connectivity index (χ4n) is 3.90. The van der Waals surface area contributed by atoms with Gasteiger partial charge in [0.2, 0.25) is 0 Å². The second-order valence-electron chi connectivity index (χ2n) is 7.75. The van der Waals surface area contributed by atoms with E-state index in [0.717, 1.165) is 5.69 Å². The third-order valence-corrected chi connectivity index (χ3v) is 6.53. The molecule has 2 aliphatic heterocycles. The molecule has 0 saturated heterocycles. The molecule has 4 aromatic rings. The minimum Gasteiger partial charge on any atom is -0.486 e. The van der Waals surface area contributed by atoms with E-state index in [2.05, 4.69) is 10.2 Å². The molecule has 0 radical (unpaired) electrons. The molecule has 1 aromatic heterocycles. The van der Waals surface area contributed by atoms with E-state index < -0.39 is 6.10 Å². The second kappa shape index (κ2) is 8.90. The quantitative estimate of drug-likeness (QED) is 0.376. The molecule has 0 aliphatic carbocycles. The van der Waals surface area contributed by atoms with E-state index in [1.807, 2.05) is 53.1 Å². The van der Waals surface area contributed by atoms with E-state index >= 15 is 0 Å². The molecule has 0 spiro atoms. The summed E-state index contributed by atoms with van der Waals surface area (Å²) in [6, 6.07) is 19.9. The molecule has 6 rings (SSSR count). The summed E-state index contributed by atoms with van der Waals surface area (Å²) in [5, 5.41) is 9.49. The summed E-state index contributed by atoms with van der Waals surface area (Å²) >= 11 is 1.40. The summed E-state index contributed by atoms with van der Waals surface area (Å²) in [7, 11) is 0. The minimum atomic E-state index is -0.474. The van der Waals surface area contributed by atoms with Crippen molar-refractivity contribution in [1.29, 1.82) is 0 Å². The van der Waals surface area contributed by atoms with Gasteiger partial charge in [-0.15, -0.1) is 10.2 Å². The van der Waals surface area contributed by atoms with Gasteiger partial charge in [0.25, 0.3) is 0 Å². The SMILES string of the molecule is Fc1ccccc1CSc1nnc([C@H]2COc3ccccc3O2)n1-c1ccc2c(c1)OCCO2. The Kier molecular flexibility index (Phi) is 5.46. The third kappa shape index (κ3) is 3.92. The highest BCUT2D eigenvalue weighted by molar-refractivity contribution is 7.98. The average molecular weight is 478 g/mol. The molecule has 3 heterocycles. The Morgan fingerprint density at radius 1 is 0.853 bits per heavy atom. The van der Waals surface area contributed by atoms with Gasteiger partial charge in [-0.1, -0.05) is 42.1 Å². The fourth-order valence-corrected chi connectivity index (χ4v) is 4.85. The van der Waals surface area contributed by atoms with Crippen LogP contribution in [0.4, 0.5) is 4.39 Å². The van der Waals surface area contributed by atoms with Crippen molar-refractivity contribution in [3.05, 3.63) is 83.9 Å². The lowest BCUT2D eigenvalue weighted by Gasteiger charge is -2.26. The van der Waals surface area contributed by atoms with Gasteiger partial charge in [-0.05, 0) is 35.9 Å². The Morgan fingerprint density at radius 3 is 2.50 bits per heavy atom. The number of fused-ring (bicyclic) bond motifs is 2. The van der Waals surface area contributed by atoms with E-state index in [1.54, 1.807) is 12.1 Å². The van der Waals surface area contributed by atoms with Gasteiger partial charge < -0.3 is 18.9 Å². The highest BCUT2D eigenvalue weighted by Crippen LogP contribution is 2.39. The van der Waals surface area contributed by atoms with Crippen LogP contribution in [0.2, 0.25) is 0 Å². The van der Waals surface area contributed by atoms with Crippen LogP contribution in [0.5, 0.6) is 23.0 Å². The number of ether oxygens (including phenoxy) is 4. The standard InChI is InChI=1S/C25H20FN3O4S/c26-18-6-2-1-5-16(18)15-34-25-28-27-24(23-14-32-19-7-3-4-8-21(19)33-23)29(25)17-9-10-20-22(13-17)31-12-11-30-20/h1-10,13,23H,11-12,14-15H2/t23-/m1/s1. The first kappa shape index (κ1) is 20.9. The molecular formula is C25H20FN3O4S. The smallest absolute Gasteiger partial charge is 0.196 e. The van der Waals surface area contributed by atoms with Crippen LogP contribution < -0.4 is 18.9 Å². The highest BCUT2D eigenvalue weighted by atomic mass is 32.2. The predicted molar refractivity (Wildman–Crippen MR) is 124 cm³/mol. The Labute approximate surface area is 199 Å². The molecule has 0 N–H and O–H groups in total. The van der Waals surface area contributed by atoms with Gasteiger partial charge in [-0.3, -0.25) is 4.57 Å². The van der Waals surface area contributed by atoms with Gasteiger partial charge in [0, 0.05) is 11.8 Å². The van der Waals surface area contributed by atoms with Gasteiger partial charge in [0.1, 0.15) is 25.6 Å². The molecule has 0 amide bonds. The zero-order valence-electron chi connectivity index (χ0n) is 18.0. The maximum Gasteiger partial charge on any atom is 0.196 e. The maximum absolute atomic E-state index is 14.2. The van der Waals surface area contributed by atoms with E-state index in [9.17, 15) is 4.39 Å². The molecule has 172 valence electrons. The Balaban J connectivity index is 1.38. The van der Waals surface area contributed by atoms with Gasteiger partial charge in [-0.25, -0.2) is 4.39 Å². The zero-order chi connectivity index (χ0) is 22.9. The number of hydrogen-bond donors (Lipinski definition) is 0. The van der Waals surface area contributed by atoms with E-state index in [4.69, 9.17) is 18.9 Å². The van der Waals surface area contributed by atoms with Crippen LogP contribution in [-0.2, 0) is 5.75 Å². The van der Waals surface area contributed by atoms with Crippen LogP contribution in [0, 0.1) is 5.82 Å². The summed E-state index contributed by atoms with van der Waals surface area (Å²) in [5.74, 6) is 3.42. The summed E-state index contributed by atoms with van der Waals surface area (Å²) < 4.78 is 39.7. The second-order valence-corrected chi connectivity index (χ2v) is 8.69. The molecule has 0 bridgehead atoms. The molecule has 0 fully saturated rings. The van der Waals surface area contributed by atoms with Crippen LogP contribution in [-0.4, -0.2) is 34.6 Å². The number of halogens is 1. The molecular weight excluding hydrogens is 457 g/mol. The van der Waals surface area contributed by atoms with Crippen molar-refractivity contribution in [2.45, 2.75) is 17.0 Å². The predicted octanol–water partition coefficient (Wildman–Crippen LogP) is 4.98. The summed E-state index contributed by atoms with van der Waals surface area (Å²) in [5.41, 5.74) is 1.39. The summed E-state index contributed by atoms with van der Waals surface area (Å²) in [6.45, 7) is 1.29. The Bertz CT molecular complexity index is 1350. The lowest BCUT2D eigenvalue weighted by atomic mass is 10.2. The number of aromatic nitrogens is 3. The first-order valence-corrected chi connectivity index (χ1v) is 11.8. The summed E-state index contributed by atoms with van der Waals surface area (Å²) in [4.78, 5) is 0. The van der Waals surface area contributed by atoms with Crippen LogP contribution in [0.3, 0.4) is 0 Å². The number of hydrogen-bond acceptors (Lipinski definition) is 7. The lowest BCUT2D eigenvalue weighted by molar-refractivity contribution is 0.0835. The number of para-hydroxylation sites is 2. The normalized spacial score (nSPS) is 16.3. The average Bonchev–Trinajstić information content (AvgIpc) is 3.31. The van der Waals surface area contributed by atoms with Crippen molar-refractivity contribution in [1.82, 2.24) is 14.8 Å². The molecule has 0 saturated carbocycles. The first-order valence-electron chi connectivity index (χ1n) is 10.9. The molecule has 0 unspecified atom stereocenters. The molecule has 7 nitrogen and oxygen atoms in total. The summed E-state index contributed by atoms with van der Waals surface area (Å²) in [6.07, 6.45) is -0.474. The topological polar surface area (TPSA) is 67.6 Å². The molecule has 9 heteroatoms. The van der Waals surface area contributed by atoms with Crippen molar-refractivity contribution in [2.75, 3.05) is 19.8 Å². The Hall–Kier alpha value is -3.72. The van der Waals surface area contributed by atoms with E-state index in [0.29, 0.717) is 58.5 Å². The number of nitrogens with zero attached hydrogens (tertiary/aromatic N) is 3. The van der Waals surface area contributed by atoms with Crippen molar-refractivity contribution in [3.8, 4) is 28.7 Å². The van der Waals surface area contributed by atoms with Crippen molar-refractivity contribution < 1.29 is 23.3 Å². The van der Waals surface area contributed by atoms with Crippen molar-refractivity contribution in [3.63, 3.8) is 0 Å². The van der Waals surface area contributed by atoms with E-state index in [-0.39, 0.29) is 12.4 Å². The van der Waals surface area contributed by atoms with Crippen molar-refractivity contribution >= 4 is 11.8 Å². The largest absolute Gasteiger partial charge is 0.486 e. The molecule has 2 aliphatic rings. The number of thioether (sulfide) groups is 1. The van der Waals surface area contributed by atoms with E-state index in [1.165, 1.54) is 17.8 Å². The van der Waals surface area contributed by atoms with Crippen LogP contribution >= 0.6 is 11.8 Å². The molecule has 1 atom stereocenters. The molecule has 34 heavy (non-hydrogen) atoms. The monoisotopic (exact) mass is 477 g/mol. The van der Waals surface area contributed by atoms with Gasteiger partial charge in [-0.2, -0.15) is 0 Å². The first-order chi connectivity index (χ1) is 16.8. The number of benzene rings is 3. The van der Waals surface area contributed by atoms with Crippen LogP contribution in [0.15, 0.2) is 71.9 Å². The highest BCUT2D eigenvalue weighted by Gasteiger charge is 2.30. The third-order valence-electron chi connectivity index (χ3n) is 5.55. The fraction of sp³-hybridized carbons (Fsp3) is 0.200. The zero-order valence-corrected chi connectivity index (χ0v) is 18.8. The maximum atomic E-state index is 14.2. The minimum absolute atomic E-state index is 0.249. The Morgan fingerprint density at radius 2 is 1.62 bits per heavy atom. The number of rotatable bonds is 5. The van der Waals surface area contributed by atoms with Crippen LogP contribution in [0.25, 0.3) is 5.69 Å². The van der Waals surface area contributed by atoms with Gasteiger partial charge in [0.15, 0.2) is 40.1 Å². The van der Waals surface area contributed by atoms with Crippen LogP contribution in [0.1, 0.15) is 17.5 Å². The molecule has 3 aromatic carbocycles. The van der Waals surface area contributed by atoms with Crippen molar-refractivity contribution in [2.24, 2.45) is 0 Å². The van der Waals surface area contributed by atoms with Gasteiger partial charge >= 0.3 is 0 Å². The van der Waals surface area contributed by atoms with Gasteiger partial charge in [0.05, 0.1) is 5.69 Å².